The Morgan fingerprint density at radius 1 is 1.24 bits per heavy atom. The van der Waals surface area contributed by atoms with Crippen LogP contribution in [0.5, 0.6) is 0 Å². The maximum Gasteiger partial charge on any atom is 0.0677 e. The Morgan fingerprint density at radius 2 is 1.88 bits per heavy atom. The molecule has 2 aromatic rings. The van der Waals surface area contributed by atoms with Crippen LogP contribution in [0.4, 0.5) is 0 Å². The highest BCUT2D eigenvalue weighted by atomic mass is 35.5. The van der Waals surface area contributed by atoms with Gasteiger partial charge in [-0.3, -0.25) is 0 Å². The van der Waals surface area contributed by atoms with Crippen molar-refractivity contribution in [1.29, 1.82) is 0 Å². The molecule has 1 unspecified atom stereocenters. The number of nitrogens with two attached hydrogens (primary N) is 1. The summed E-state index contributed by atoms with van der Waals surface area (Å²) >= 11 is 0. The highest BCUT2D eigenvalue weighted by molar-refractivity contribution is 5.85. The van der Waals surface area contributed by atoms with Crippen LogP contribution >= 0.6 is 12.4 Å². The number of aromatic nitrogens is 2. The van der Waals surface area contributed by atoms with Gasteiger partial charge in [-0.05, 0) is 32.4 Å². The molecule has 92 valence electrons. The Labute approximate surface area is 108 Å². The van der Waals surface area contributed by atoms with E-state index in [1.54, 1.807) is 0 Å². The molecule has 0 fully saturated rings. The smallest absolute Gasteiger partial charge is 0.0677 e. The zero-order valence-electron chi connectivity index (χ0n) is 10.3. The second-order valence-corrected chi connectivity index (χ2v) is 4.17. The lowest BCUT2D eigenvalue weighted by molar-refractivity contribution is 0.795. The molecule has 17 heavy (non-hydrogen) atoms. The van der Waals surface area contributed by atoms with E-state index in [1.807, 2.05) is 29.9 Å². The maximum absolute atomic E-state index is 5.89. The van der Waals surface area contributed by atoms with Crippen LogP contribution in [0, 0.1) is 13.8 Å². The molecule has 4 heteroatoms. The molecule has 0 aliphatic rings. The molecule has 0 amide bonds. The third-order valence-corrected chi connectivity index (χ3v) is 2.88. The Kier molecular flexibility index (Phi) is 4.32. The molecular formula is C13H18ClN3. The van der Waals surface area contributed by atoms with E-state index in [1.165, 1.54) is 5.56 Å². The van der Waals surface area contributed by atoms with Crippen molar-refractivity contribution in [1.82, 2.24) is 9.78 Å². The molecule has 3 nitrogen and oxygen atoms in total. The van der Waals surface area contributed by atoms with Crippen molar-refractivity contribution in [3.63, 3.8) is 0 Å². The summed E-state index contributed by atoms with van der Waals surface area (Å²) in [6, 6.07) is 8.24. The van der Waals surface area contributed by atoms with E-state index in [-0.39, 0.29) is 18.4 Å². The van der Waals surface area contributed by atoms with Crippen LogP contribution in [0.2, 0.25) is 0 Å². The van der Waals surface area contributed by atoms with Crippen LogP contribution in [0.15, 0.2) is 30.5 Å². The van der Waals surface area contributed by atoms with Crippen molar-refractivity contribution < 1.29 is 0 Å². The summed E-state index contributed by atoms with van der Waals surface area (Å²) in [6.45, 7) is 6.12. The lowest BCUT2D eigenvalue weighted by atomic mass is 10.1. The van der Waals surface area contributed by atoms with E-state index >= 15 is 0 Å². The van der Waals surface area contributed by atoms with Gasteiger partial charge in [0.15, 0.2) is 0 Å². The molecule has 0 saturated carbocycles. The average Bonchev–Trinajstić information content (AvgIpc) is 2.61. The lowest BCUT2D eigenvalue weighted by Crippen LogP contribution is -2.07. The molecule has 0 aliphatic carbocycles. The first-order chi connectivity index (χ1) is 7.61. The summed E-state index contributed by atoms with van der Waals surface area (Å²) in [5, 5.41) is 4.40. The molecule has 1 aromatic carbocycles. The molecule has 1 heterocycles. The molecule has 0 aliphatic heterocycles. The first-order valence-corrected chi connectivity index (χ1v) is 5.47. The summed E-state index contributed by atoms with van der Waals surface area (Å²) in [7, 11) is 0. The standard InChI is InChI=1S/C13H17N3.ClH/c1-9-6-4-5-7-13(9)16-11(3)12(8-15-16)10(2)14;/h4-8,10H,14H2,1-3H3;1H. The summed E-state index contributed by atoms with van der Waals surface area (Å²) in [6.07, 6.45) is 1.85. The molecule has 0 spiro atoms. The Morgan fingerprint density at radius 3 is 2.41 bits per heavy atom. The predicted molar refractivity (Wildman–Crippen MR) is 72.9 cm³/mol. The third-order valence-electron chi connectivity index (χ3n) is 2.88. The molecular weight excluding hydrogens is 234 g/mol. The molecule has 2 N–H and O–H groups in total. The van der Waals surface area contributed by atoms with Crippen molar-refractivity contribution >= 4 is 12.4 Å². The normalized spacial score (nSPS) is 12.0. The van der Waals surface area contributed by atoms with Crippen molar-refractivity contribution in [2.24, 2.45) is 5.73 Å². The lowest BCUT2D eigenvalue weighted by Gasteiger charge is -2.09. The van der Waals surface area contributed by atoms with E-state index in [4.69, 9.17) is 5.73 Å². The number of nitrogens with zero attached hydrogens (tertiary/aromatic N) is 2. The average molecular weight is 252 g/mol. The number of halogens is 1. The van der Waals surface area contributed by atoms with Gasteiger partial charge in [0.1, 0.15) is 0 Å². The van der Waals surface area contributed by atoms with Crippen LogP contribution in [0.1, 0.15) is 29.8 Å². The Hall–Kier alpha value is -1.32. The molecule has 0 bridgehead atoms. The van der Waals surface area contributed by atoms with Gasteiger partial charge in [-0.1, -0.05) is 18.2 Å². The van der Waals surface area contributed by atoms with Crippen molar-refractivity contribution in [3.05, 3.63) is 47.3 Å². The number of para-hydroxylation sites is 1. The second kappa shape index (κ2) is 5.34. The number of benzene rings is 1. The summed E-state index contributed by atoms with van der Waals surface area (Å²) < 4.78 is 1.95. The van der Waals surface area contributed by atoms with Gasteiger partial charge in [-0.2, -0.15) is 5.10 Å². The largest absolute Gasteiger partial charge is 0.324 e. The highest BCUT2D eigenvalue weighted by Crippen LogP contribution is 2.20. The van der Waals surface area contributed by atoms with Crippen molar-refractivity contribution in [2.75, 3.05) is 0 Å². The van der Waals surface area contributed by atoms with Gasteiger partial charge in [-0.15, -0.1) is 12.4 Å². The minimum absolute atomic E-state index is 0. The van der Waals surface area contributed by atoms with Gasteiger partial charge < -0.3 is 5.73 Å². The Bertz CT molecular complexity index is 503. The predicted octanol–water partition coefficient (Wildman–Crippen LogP) is 2.93. The van der Waals surface area contributed by atoms with E-state index in [0.29, 0.717) is 0 Å². The third kappa shape index (κ3) is 2.51. The van der Waals surface area contributed by atoms with Gasteiger partial charge in [0, 0.05) is 17.3 Å². The SMILES string of the molecule is Cc1ccccc1-n1ncc(C(C)N)c1C.Cl. The molecule has 0 radical (unpaired) electrons. The monoisotopic (exact) mass is 251 g/mol. The first kappa shape index (κ1) is 13.7. The molecule has 2 rings (SSSR count). The zero-order chi connectivity index (χ0) is 11.7. The molecule has 1 aromatic heterocycles. The number of aryl methyl sites for hydroxylation is 1. The van der Waals surface area contributed by atoms with E-state index < -0.39 is 0 Å². The maximum atomic E-state index is 5.89. The fraction of sp³-hybridized carbons (Fsp3) is 0.308. The van der Waals surface area contributed by atoms with Gasteiger partial charge in [0.05, 0.1) is 11.9 Å². The van der Waals surface area contributed by atoms with Crippen LogP contribution in [-0.4, -0.2) is 9.78 Å². The molecule has 1 atom stereocenters. The Balaban J connectivity index is 0.00000144. The summed E-state index contributed by atoms with van der Waals surface area (Å²) in [5.41, 5.74) is 10.4. The second-order valence-electron chi connectivity index (χ2n) is 4.17. The minimum atomic E-state index is 0. The highest BCUT2D eigenvalue weighted by Gasteiger charge is 2.11. The summed E-state index contributed by atoms with van der Waals surface area (Å²) in [5.74, 6) is 0. The van der Waals surface area contributed by atoms with Crippen molar-refractivity contribution in [2.45, 2.75) is 26.8 Å². The quantitative estimate of drug-likeness (QED) is 0.892. The van der Waals surface area contributed by atoms with Gasteiger partial charge in [0.25, 0.3) is 0 Å². The van der Waals surface area contributed by atoms with Gasteiger partial charge in [-0.25, -0.2) is 4.68 Å². The van der Waals surface area contributed by atoms with E-state index in [2.05, 4.69) is 31.1 Å². The van der Waals surface area contributed by atoms with Crippen LogP contribution in [0.3, 0.4) is 0 Å². The fourth-order valence-corrected chi connectivity index (χ4v) is 1.91. The van der Waals surface area contributed by atoms with Crippen LogP contribution < -0.4 is 5.73 Å². The summed E-state index contributed by atoms with van der Waals surface area (Å²) in [4.78, 5) is 0. The molecule has 0 saturated heterocycles. The van der Waals surface area contributed by atoms with Gasteiger partial charge in [0.2, 0.25) is 0 Å². The number of hydrogen-bond donors (Lipinski definition) is 1. The minimum Gasteiger partial charge on any atom is -0.324 e. The topological polar surface area (TPSA) is 43.8 Å². The van der Waals surface area contributed by atoms with E-state index in [0.717, 1.165) is 16.9 Å². The van der Waals surface area contributed by atoms with E-state index in [9.17, 15) is 0 Å². The van der Waals surface area contributed by atoms with Crippen molar-refractivity contribution in [3.8, 4) is 5.69 Å². The number of hydrogen-bond acceptors (Lipinski definition) is 2. The van der Waals surface area contributed by atoms with Gasteiger partial charge >= 0.3 is 0 Å². The zero-order valence-corrected chi connectivity index (χ0v) is 11.2. The fourth-order valence-electron chi connectivity index (χ4n) is 1.91. The van der Waals surface area contributed by atoms with Crippen LogP contribution in [0.25, 0.3) is 5.69 Å². The number of rotatable bonds is 2. The first-order valence-electron chi connectivity index (χ1n) is 5.47. The van der Waals surface area contributed by atoms with Crippen LogP contribution in [-0.2, 0) is 0 Å².